The van der Waals surface area contributed by atoms with Gasteiger partial charge in [-0.15, -0.1) is 0 Å². The third-order valence-electron chi connectivity index (χ3n) is 2.75. The van der Waals surface area contributed by atoms with Crippen LogP contribution >= 0.6 is 0 Å². The number of methoxy groups -OCH3 is 1. The number of carbonyl (C=O) groups is 2. The molecule has 0 aromatic carbocycles. The van der Waals surface area contributed by atoms with Gasteiger partial charge in [0.1, 0.15) is 5.56 Å². The molecule has 1 amide bonds. The Balaban J connectivity index is 2.35. The van der Waals surface area contributed by atoms with Crippen LogP contribution in [0, 0.1) is 0 Å². The number of carbonyl (C=O) groups excluding carboxylic acids is 2. The fourth-order valence-electron chi connectivity index (χ4n) is 2.00. The monoisotopic (exact) mass is 223 g/mol. The van der Waals surface area contributed by atoms with Gasteiger partial charge in [-0.3, -0.25) is 9.48 Å². The topological polar surface area (TPSA) is 73.2 Å². The van der Waals surface area contributed by atoms with Crippen molar-refractivity contribution in [1.82, 2.24) is 15.1 Å². The summed E-state index contributed by atoms with van der Waals surface area (Å²) in [6, 6.07) is 0. The third-order valence-corrected chi connectivity index (χ3v) is 2.75. The van der Waals surface area contributed by atoms with Crippen molar-refractivity contribution in [1.29, 1.82) is 0 Å². The number of hydrogen-bond acceptors (Lipinski definition) is 4. The molecule has 1 atom stereocenters. The highest BCUT2D eigenvalue weighted by molar-refractivity contribution is 5.91. The van der Waals surface area contributed by atoms with Crippen molar-refractivity contribution in [3.8, 4) is 0 Å². The first kappa shape index (κ1) is 10.7. The van der Waals surface area contributed by atoms with Gasteiger partial charge in [0.15, 0.2) is 0 Å². The minimum absolute atomic E-state index is 0.00187. The summed E-state index contributed by atoms with van der Waals surface area (Å²) < 4.78 is 6.30. The van der Waals surface area contributed by atoms with E-state index in [1.807, 2.05) is 0 Å². The van der Waals surface area contributed by atoms with Crippen molar-refractivity contribution in [3.63, 3.8) is 0 Å². The van der Waals surface area contributed by atoms with E-state index < -0.39 is 5.97 Å². The van der Waals surface area contributed by atoms with Crippen LogP contribution in [0.4, 0.5) is 0 Å². The molecule has 1 fully saturated rings. The molecule has 0 aliphatic carbocycles. The van der Waals surface area contributed by atoms with Gasteiger partial charge >= 0.3 is 5.97 Å². The molecule has 1 unspecified atom stereocenters. The second-order valence-electron chi connectivity index (χ2n) is 3.76. The zero-order valence-corrected chi connectivity index (χ0v) is 9.19. The molecule has 0 radical (unpaired) electrons. The lowest BCUT2D eigenvalue weighted by Crippen LogP contribution is -2.15. The van der Waals surface area contributed by atoms with Gasteiger partial charge in [0.2, 0.25) is 5.91 Å². The van der Waals surface area contributed by atoms with Crippen LogP contribution in [-0.2, 0) is 16.6 Å². The van der Waals surface area contributed by atoms with Crippen molar-refractivity contribution >= 4 is 11.9 Å². The summed E-state index contributed by atoms with van der Waals surface area (Å²) in [4.78, 5) is 22.7. The molecule has 1 aliphatic heterocycles. The van der Waals surface area contributed by atoms with Gasteiger partial charge in [-0.2, -0.15) is 5.10 Å². The summed E-state index contributed by atoms with van der Waals surface area (Å²) in [6.07, 6.45) is 1.87. The molecule has 1 aromatic heterocycles. The fourth-order valence-corrected chi connectivity index (χ4v) is 2.00. The number of nitrogens with zero attached hydrogens (tertiary/aromatic N) is 2. The number of nitrogens with one attached hydrogen (secondary N) is 1. The number of rotatable bonds is 2. The highest BCUT2D eigenvalue weighted by Gasteiger charge is 2.30. The summed E-state index contributed by atoms with van der Waals surface area (Å²) in [5.74, 6) is -0.418. The highest BCUT2D eigenvalue weighted by Crippen LogP contribution is 2.26. The zero-order chi connectivity index (χ0) is 11.7. The van der Waals surface area contributed by atoms with E-state index in [1.54, 1.807) is 11.7 Å². The van der Waals surface area contributed by atoms with E-state index in [9.17, 15) is 9.59 Å². The normalized spacial score (nSPS) is 19.6. The van der Waals surface area contributed by atoms with Gasteiger partial charge in [0.25, 0.3) is 0 Å². The van der Waals surface area contributed by atoms with Gasteiger partial charge in [-0.1, -0.05) is 0 Å². The van der Waals surface area contributed by atoms with Crippen LogP contribution in [0.25, 0.3) is 0 Å². The summed E-state index contributed by atoms with van der Waals surface area (Å²) in [5.41, 5.74) is 1.19. The zero-order valence-electron chi connectivity index (χ0n) is 9.19. The molecule has 2 rings (SSSR count). The number of ether oxygens (including phenoxy) is 1. The number of hydrogen-bond donors (Lipinski definition) is 1. The van der Waals surface area contributed by atoms with E-state index >= 15 is 0 Å². The fraction of sp³-hybridized carbons (Fsp3) is 0.500. The lowest BCUT2D eigenvalue weighted by Gasteiger charge is -2.10. The van der Waals surface area contributed by atoms with Crippen LogP contribution in [0.3, 0.4) is 0 Å². The van der Waals surface area contributed by atoms with E-state index in [0.29, 0.717) is 18.5 Å². The Kier molecular flexibility index (Phi) is 2.64. The molecule has 1 aliphatic rings. The Labute approximate surface area is 92.6 Å². The van der Waals surface area contributed by atoms with Gasteiger partial charge in [0.05, 0.1) is 19.0 Å². The first-order chi connectivity index (χ1) is 7.63. The van der Waals surface area contributed by atoms with Gasteiger partial charge < -0.3 is 10.1 Å². The second kappa shape index (κ2) is 3.96. The first-order valence-electron chi connectivity index (χ1n) is 5.00. The number of aryl methyl sites for hydroxylation is 1. The van der Waals surface area contributed by atoms with Gasteiger partial charge in [-0.05, 0) is 0 Å². The number of amides is 1. The largest absolute Gasteiger partial charge is 0.465 e. The predicted molar refractivity (Wildman–Crippen MR) is 54.9 cm³/mol. The van der Waals surface area contributed by atoms with Crippen molar-refractivity contribution < 1.29 is 14.3 Å². The maximum Gasteiger partial charge on any atom is 0.341 e. The van der Waals surface area contributed by atoms with E-state index in [-0.39, 0.29) is 11.8 Å². The smallest absolute Gasteiger partial charge is 0.341 e. The van der Waals surface area contributed by atoms with Crippen molar-refractivity contribution in [2.24, 2.45) is 7.05 Å². The van der Waals surface area contributed by atoms with E-state index in [4.69, 9.17) is 0 Å². The van der Waals surface area contributed by atoms with E-state index in [0.717, 1.165) is 5.69 Å². The lowest BCUT2D eigenvalue weighted by molar-refractivity contribution is -0.119. The molecule has 1 saturated heterocycles. The minimum atomic E-state index is -0.414. The van der Waals surface area contributed by atoms with Crippen molar-refractivity contribution in [3.05, 3.63) is 17.5 Å². The first-order valence-corrected chi connectivity index (χ1v) is 5.00. The van der Waals surface area contributed by atoms with Crippen LogP contribution in [0.15, 0.2) is 6.20 Å². The average molecular weight is 223 g/mol. The highest BCUT2D eigenvalue weighted by atomic mass is 16.5. The van der Waals surface area contributed by atoms with Gasteiger partial charge in [0, 0.05) is 25.9 Å². The molecule has 16 heavy (non-hydrogen) atoms. The third kappa shape index (κ3) is 1.66. The minimum Gasteiger partial charge on any atom is -0.465 e. The summed E-state index contributed by atoms with van der Waals surface area (Å²) in [6.45, 7) is 0.544. The van der Waals surface area contributed by atoms with Crippen molar-refractivity contribution in [2.45, 2.75) is 12.3 Å². The molecular weight excluding hydrogens is 210 g/mol. The average Bonchev–Trinajstić information content (AvgIpc) is 2.83. The predicted octanol–water partition coefficient (Wildman–Crippen LogP) is -0.190. The Morgan fingerprint density at radius 3 is 3.00 bits per heavy atom. The van der Waals surface area contributed by atoms with Crippen LogP contribution in [0.5, 0.6) is 0 Å². The molecule has 0 bridgehead atoms. The molecule has 86 valence electrons. The van der Waals surface area contributed by atoms with Crippen LogP contribution < -0.4 is 5.32 Å². The maximum atomic E-state index is 11.5. The molecule has 2 heterocycles. The molecule has 6 nitrogen and oxygen atoms in total. The molecule has 0 spiro atoms. The quantitative estimate of drug-likeness (QED) is 0.705. The Bertz CT molecular complexity index is 439. The number of esters is 1. The van der Waals surface area contributed by atoms with Crippen molar-refractivity contribution in [2.75, 3.05) is 13.7 Å². The lowest BCUT2D eigenvalue weighted by atomic mass is 10.0. The van der Waals surface area contributed by atoms with Crippen LogP contribution in [-0.4, -0.2) is 35.3 Å². The summed E-state index contributed by atoms with van der Waals surface area (Å²) >= 11 is 0. The molecule has 1 aromatic rings. The Morgan fingerprint density at radius 2 is 2.44 bits per heavy atom. The molecule has 6 heteroatoms. The summed E-state index contributed by atoms with van der Waals surface area (Å²) in [5, 5.41) is 6.77. The van der Waals surface area contributed by atoms with E-state index in [2.05, 4.69) is 15.2 Å². The Hall–Kier alpha value is -1.85. The van der Waals surface area contributed by atoms with Crippen LogP contribution in [0.1, 0.15) is 28.4 Å². The molecule has 1 N–H and O–H groups in total. The molecular formula is C10H13N3O3. The second-order valence-corrected chi connectivity index (χ2v) is 3.76. The standard InChI is InChI=1S/C10H13N3O3/c1-13-9(6-3-8(14)11-4-6)7(5-12-13)10(15)16-2/h5-6H,3-4H2,1-2H3,(H,11,14). The molecule has 0 saturated carbocycles. The SMILES string of the molecule is COC(=O)c1cnn(C)c1C1CNC(=O)C1. The number of aromatic nitrogens is 2. The van der Waals surface area contributed by atoms with Crippen LogP contribution in [0.2, 0.25) is 0 Å². The van der Waals surface area contributed by atoms with Gasteiger partial charge in [-0.25, -0.2) is 4.79 Å². The Morgan fingerprint density at radius 1 is 1.69 bits per heavy atom. The van der Waals surface area contributed by atoms with E-state index in [1.165, 1.54) is 13.3 Å². The maximum absolute atomic E-state index is 11.5. The summed E-state index contributed by atoms with van der Waals surface area (Å²) in [7, 11) is 3.09.